The van der Waals surface area contributed by atoms with Crippen molar-refractivity contribution in [1.82, 2.24) is 9.80 Å². The van der Waals surface area contributed by atoms with Crippen LogP contribution in [0.25, 0.3) is 0 Å². The first kappa shape index (κ1) is 26.6. The maximum Gasteiger partial charge on any atom is 0.411 e. The van der Waals surface area contributed by atoms with Crippen molar-refractivity contribution >= 4 is 23.6 Å². The average Bonchev–Trinajstić information content (AvgIpc) is 3.29. The molecule has 0 spiro atoms. The summed E-state index contributed by atoms with van der Waals surface area (Å²) in [6.45, 7) is 0.599. The number of hydrogen-bond donors (Lipinski definition) is 1. The summed E-state index contributed by atoms with van der Waals surface area (Å²) < 4.78 is 19.0. The van der Waals surface area contributed by atoms with Crippen LogP contribution >= 0.6 is 0 Å². The number of anilines is 1. The normalized spacial score (nSPS) is 16.4. The van der Waals surface area contributed by atoms with Gasteiger partial charge in [0.2, 0.25) is 5.91 Å². The second kappa shape index (κ2) is 11.8. The lowest BCUT2D eigenvalue weighted by Crippen LogP contribution is -2.46. The molecule has 5 rings (SSSR count). The fourth-order valence-corrected chi connectivity index (χ4v) is 4.70. The highest BCUT2D eigenvalue weighted by atomic mass is 19.1. The molecule has 1 fully saturated rings. The summed E-state index contributed by atoms with van der Waals surface area (Å²) in [5.41, 5.74) is 3.29. The summed E-state index contributed by atoms with van der Waals surface area (Å²) in [5.74, 6) is -1.05. The lowest BCUT2D eigenvalue weighted by atomic mass is 9.99. The molecule has 1 heterocycles. The number of cyclic esters (lactones) is 1. The number of nitrogens with zero attached hydrogens (tertiary/aromatic N) is 2. The molecule has 1 aliphatic heterocycles. The minimum atomic E-state index is -0.888. The Bertz CT molecular complexity index is 1480. The Balaban J connectivity index is 1.38. The van der Waals surface area contributed by atoms with E-state index in [9.17, 15) is 18.8 Å². The van der Waals surface area contributed by atoms with Crippen LogP contribution in [-0.2, 0) is 22.6 Å². The summed E-state index contributed by atoms with van der Waals surface area (Å²) in [6, 6.07) is 30.2. The highest BCUT2D eigenvalue weighted by Crippen LogP contribution is 2.35. The minimum absolute atomic E-state index is 0.220. The second-order valence-corrected chi connectivity index (χ2v) is 9.63. The van der Waals surface area contributed by atoms with Crippen molar-refractivity contribution in [3.8, 4) is 0 Å². The number of amides is 3. The largest absolute Gasteiger partial charge is 0.438 e. The van der Waals surface area contributed by atoms with E-state index in [0.717, 1.165) is 11.1 Å². The third kappa shape index (κ3) is 6.02. The monoisotopic (exact) mass is 537 g/mol. The van der Waals surface area contributed by atoms with Crippen LogP contribution in [0, 0.1) is 5.82 Å². The fourth-order valence-electron chi connectivity index (χ4n) is 4.70. The van der Waals surface area contributed by atoms with Crippen LogP contribution < -0.4 is 5.32 Å². The number of carbonyl (C=O) groups excluding carboxylic acids is 3. The molecule has 0 bridgehead atoms. The van der Waals surface area contributed by atoms with Gasteiger partial charge >= 0.3 is 6.09 Å². The first-order chi connectivity index (χ1) is 19.4. The van der Waals surface area contributed by atoms with E-state index in [2.05, 4.69) is 5.32 Å². The number of hydrogen-bond acceptors (Lipinski definition) is 4. The maximum absolute atomic E-state index is 13.8. The number of likely N-dealkylation sites (N-methyl/N-ethyl adjacent to an activating group) is 1. The topological polar surface area (TPSA) is 79.0 Å². The predicted molar refractivity (Wildman–Crippen MR) is 149 cm³/mol. The first-order valence-electron chi connectivity index (χ1n) is 12.9. The van der Waals surface area contributed by atoms with Gasteiger partial charge in [-0.2, -0.15) is 0 Å². The van der Waals surface area contributed by atoms with Gasteiger partial charge in [-0.25, -0.2) is 9.18 Å². The first-order valence-corrected chi connectivity index (χ1v) is 12.9. The van der Waals surface area contributed by atoms with Gasteiger partial charge in [0.15, 0.2) is 12.1 Å². The van der Waals surface area contributed by atoms with Crippen molar-refractivity contribution in [3.05, 3.63) is 137 Å². The molecule has 1 N–H and O–H groups in total. The van der Waals surface area contributed by atoms with Crippen LogP contribution in [0.1, 0.15) is 33.2 Å². The van der Waals surface area contributed by atoms with Crippen LogP contribution in [0.3, 0.4) is 0 Å². The zero-order valence-corrected chi connectivity index (χ0v) is 21.9. The van der Waals surface area contributed by atoms with Gasteiger partial charge in [0.05, 0.1) is 6.54 Å². The van der Waals surface area contributed by atoms with Crippen molar-refractivity contribution in [2.24, 2.45) is 0 Å². The molecule has 4 aromatic carbocycles. The Hall–Kier alpha value is -4.98. The lowest BCUT2D eigenvalue weighted by Gasteiger charge is -2.28. The third-order valence-electron chi connectivity index (χ3n) is 6.78. The number of carbonyl (C=O) groups is 3. The number of nitrogens with one attached hydrogen (secondary N) is 1. The Morgan fingerprint density at radius 1 is 0.850 bits per heavy atom. The molecule has 7 nitrogen and oxygen atoms in total. The van der Waals surface area contributed by atoms with Crippen molar-refractivity contribution in [1.29, 1.82) is 0 Å². The highest BCUT2D eigenvalue weighted by molar-refractivity contribution is 6.04. The Kier molecular flexibility index (Phi) is 7.87. The van der Waals surface area contributed by atoms with E-state index in [4.69, 9.17) is 4.74 Å². The van der Waals surface area contributed by atoms with Gasteiger partial charge < -0.3 is 15.0 Å². The molecule has 4 aromatic rings. The van der Waals surface area contributed by atoms with Gasteiger partial charge in [0.25, 0.3) is 5.91 Å². The minimum Gasteiger partial charge on any atom is -0.438 e. The molecule has 0 radical (unpaired) electrons. The molecule has 8 heteroatoms. The maximum atomic E-state index is 13.8. The van der Waals surface area contributed by atoms with Gasteiger partial charge in [-0.15, -0.1) is 0 Å². The van der Waals surface area contributed by atoms with Crippen LogP contribution in [0.15, 0.2) is 109 Å². The van der Waals surface area contributed by atoms with Gasteiger partial charge in [0.1, 0.15) is 5.82 Å². The van der Waals surface area contributed by atoms with Crippen LogP contribution in [0.5, 0.6) is 0 Å². The predicted octanol–water partition coefficient (Wildman–Crippen LogP) is 5.80. The van der Waals surface area contributed by atoms with Crippen molar-refractivity contribution < 1.29 is 23.5 Å². The van der Waals surface area contributed by atoms with E-state index < -0.39 is 24.1 Å². The van der Waals surface area contributed by atoms with Crippen molar-refractivity contribution in [2.45, 2.75) is 25.2 Å². The van der Waals surface area contributed by atoms with Crippen LogP contribution in [0.2, 0.25) is 0 Å². The summed E-state index contributed by atoms with van der Waals surface area (Å²) >= 11 is 0. The van der Waals surface area contributed by atoms with Gasteiger partial charge in [-0.1, -0.05) is 72.8 Å². The molecule has 40 heavy (non-hydrogen) atoms. The molecule has 1 aliphatic rings. The Morgan fingerprint density at radius 3 is 2.08 bits per heavy atom. The number of ether oxygens (including phenoxy) is 1. The summed E-state index contributed by atoms with van der Waals surface area (Å²) in [7, 11) is 1.71. The third-order valence-corrected chi connectivity index (χ3v) is 6.78. The molecular formula is C32H28FN3O4. The van der Waals surface area contributed by atoms with Gasteiger partial charge in [-0.3, -0.25) is 14.5 Å². The zero-order valence-electron chi connectivity index (χ0n) is 21.9. The molecule has 0 aromatic heterocycles. The number of rotatable bonds is 8. The quantitative estimate of drug-likeness (QED) is 0.308. The van der Waals surface area contributed by atoms with Gasteiger partial charge in [0, 0.05) is 24.8 Å². The summed E-state index contributed by atoms with van der Waals surface area (Å²) in [5, 5.41) is 2.77. The van der Waals surface area contributed by atoms with Crippen molar-refractivity contribution in [3.63, 3.8) is 0 Å². The molecule has 0 unspecified atom stereocenters. The second-order valence-electron chi connectivity index (χ2n) is 9.63. The number of halogens is 1. The van der Waals surface area contributed by atoms with E-state index in [1.54, 1.807) is 36.2 Å². The van der Waals surface area contributed by atoms with E-state index in [0.29, 0.717) is 23.4 Å². The standard InChI is InChI=1S/C32H28FN3O4/c1-35(20-22-8-4-2-5-9-22)31(38)28-29(40-32(39)36(28)21-23-10-6-3-7-11-23)24-14-18-27(19-15-24)34-30(37)25-12-16-26(33)17-13-25/h2-19,28-29H,20-21H2,1H3,(H,34,37)/t28-,29+/m1/s1. The SMILES string of the molecule is CN(Cc1ccccc1)C(=O)[C@H]1[C@H](c2ccc(NC(=O)c3ccc(F)cc3)cc2)OC(=O)N1Cc1ccccc1. The summed E-state index contributed by atoms with van der Waals surface area (Å²) in [6.07, 6.45) is -1.42. The highest BCUT2D eigenvalue weighted by Gasteiger charge is 2.48. The molecule has 2 atom stereocenters. The van der Waals surface area contributed by atoms with E-state index in [1.165, 1.54) is 29.2 Å². The van der Waals surface area contributed by atoms with E-state index >= 15 is 0 Å². The molecule has 0 saturated carbocycles. The Morgan fingerprint density at radius 2 is 1.45 bits per heavy atom. The number of benzene rings is 4. The van der Waals surface area contributed by atoms with E-state index in [-0.39, 0.29) is 18.4 Å². The Labute approximate surface area is 231 Å². The van der Waals surface area contributed by atoms with Gasteiger partial charge in [-0.05, 0) is 53.1 Å². The molecule has 0 aliphatic carbocycles. The molecule has 1 saturated heterocycles. The zero-order chi connectivity index (χ0) is 28.1. The van der Waals surface area contributed by atoms with Crippen molar-refractivity contribution in [2.75, 3.05) is 12.4 Å². The fraction of sp³-hybridized carbons (Fsp3) is 0.156. The smallest absolute Gasteiger partial charge is 0.411 e. The van der Waals surface area contributed by atoms with E-state index in [1.807, 2.05) is 60.7 Å². The van der Waals surface area contributed by atoms with Crippen LogP contribution in [0.4, 0.5) is 14.9 Å². The molecule has 3 amide bonds. The average molecular weight is 538 g/mol. The summed E-state index contributed by atoms with van der Waals surface area (Å²) in [4.78, 5) is 42.5. The lowest BCUT2D eigenvalue weighted by molar-refractivity contribution is -0.136. The molecule has 202 valence electrons. The molecular weight excluding hydrogens is 509 g/mol. The van der Waals surface area contributed by atoms with Crippen LogP contribution in [-0.4, -0.2) is 40.8 Å².